The van der Waals surface area contributed by atoms with Gasteiger partial charge in [0.05, 0.1) is 0 Å². The Morgan fingerprint density at radius 2 is 1.68 bits per heavy atom. The first-order valence-electron chi connectivity index (χ1n) is 9.48. The average molecular weight is 376 g/mol. The molecule has 0 radical (unpaired) electrons. The molecule has 2 heterocycles. The van der Waals surface area contributed by atoms with E-state index in [1.165, 1.54) is 11.1 Å². The Morgan fingerprint density at radius 3 is 2.36 bits per heavy atom. The van der Waals surface area contributed by atoms with Crippen LogP contribution in [0.15, 0.2) is 61.2 Å². The normalized spacial score (nSPS) is 16.1. The van der Waals surface area contributed by atoms with Gasteiger partial charge >= 0.3 is 6.03 Å². The van der Waals surface area contributed by atoms with Crippen molar-refractivity contribution in [1.82, 2.24) is 25.4 Å². The van der Waals surface area contributed by atoms with Crippen molar-refractivity contribution >= 4 is 11.7 Å². The maximum Gasteiger partial charge on any atom is 0.321 e. The Bertz CT molecular complexity index is 938. The second-order valence-electron chi connectivity index (χ2n) is 7.05. The molecule has 1 aliphatic rings. The Morgan fingerprint density at radius 1 is 0.964 bits per heavy atom. The van der Waals surface area contributed by atoms with Crippen molar-refractivity contribution in [2.45, 2.75) is 25.9 Å². The van der Waals surface area contributed by atoms with Gasteiger partial charge in [-0.15, -0.1) is 10.2 Å². The van der Waals surface area contributed by atoms with Crippen LogP contribution in [0.3, 0.4) is 0 Å². The summed E-state index contributed by atoms with van der Waals surface area (Å²) < 4.78 is 1.90. The summed E-state index contributed by atoms with van der Waals surface area (Å²) in [6, 6.07) is 16.9. The van der Waals surface area contributed by atoms with Gasteiger partial charge in [0.2, 0.25) is 0 Å². The second-order valence-corrected chi connectivity index (χ2v) is 7.05. The lowest BCUT2D eigenvalue weighted by Gasteiger charge is -2.22. The Hall–Kier alpha value is -3.19. The molecular formula is C21H24N6O. The number of carbonyl (C=O) groups excluding carboxylic acids is 1. The fraction of sp³-hybridized carbons (Fsp3) is 0.286. The van der Waals surface area contributed by atoms with Gasteiger partial charge in [-0.05, 0) is 49.2 Å². The molecule has 7 nitrogen and oxygen atoms in total. The summed E-state index contributed by atoms with van der Waals surface area (Å²) in [5.74, 6) is 0. The predicted molar refractivity (Wildman–Crippen MR) is 109 cm³/mol. The topological polar surface area (TPSA) is 75.1 Å². The molecule has 2 unspecified atom stereocenters. The van der Waals surface area contributed by atoms with Crippen LogP contribution in [0.2, 0.25) is 0 Å². The van der Waals surface area contributed by atoms with Crippen molar-refractivity contribution in [3.05, 3.63) is 72.3 Å². The lowest BCUT2D eigenvalue weighted by Crippen LogP contribution is -2.27. The summed E-state index contributed by atoms with van der Waals surface area (Å²) in [5.41, 5.74) is 4.35. The number of hydrogen-bond acceptors (Lipinski definition) is 4. The minimum Gasteiger partial charge on any atom is -0.336 e. The Balaban J connectivity index is 1.44. The van der Waals surface area contributed by atoms with Crippen LogP contribution in [0.4, 0.5) is 10.5 Å². The summed E-state index contributed by atoms with van der Waals surface area (Å²) >= 11 is 0. The van der Waals surface area contributed by atoms with Gasteiger partial charge in [0.1, 0.15) is 12.7 Å². The van der Waals surface area contributed by atoms with Gasteiger partial charge in [0.25, 0.3) is 0 Å². The first-order valence-corrected chi connectivity index (χ1v) is 9.48. The smallest absolute Gasteiger partial charge is 0.321 e. The standard InChI is InChI=1S/C21H24N6O/c1-15(17-6-8-19(9-7-17)27-11-10-22-21(27)28)25-16(2)18-4-3-5-20(12-18)26-13-23-24-14-26/h3-9,12-16,25H,10-11H2,1-2H3,(H,22,28). The summed E-state index contributed by atoms with van der Waals surface area (Å²) in [5, 5.41) is 14.2. The Labute approximate surface area is 164 Å². The molecule has 4 rings (SSSR count). The number of rotatable bonds is 6. The summed E-state index contributed by atoms with van der Waals surface area (Å²) in [7, 11) is 0. The zero-order chi connectivity index (χ0) is 19.5. The van der Waals surface area contributed by atoms with Gasteiger partial charge in [-0.3, -0.25) is 9.47 Å². The zero-order valence-corrected chi connectivity index (χ0v) is 16.0. The largest absolute Gasteiger partial charge is 0.336 e. The van der Waals surface area contributed by atoms with Crippen molar-refractivity contribution in [3.8, 4) is 5.69 Å². The van der Waals surface area contributed by atoms with E-state index in [2.05, 4.69) is 58.9 Å². The van der Waals surface area contributed by atoms with E-state index < -0.39 is 0 Å². The third-order valence-electron chi connectivity index (χ3n) is 5.15. The number of carbonyl (C=O) groups is 1. The fourth-order valence-electron chi connectivity index (χ4n) is 3.52. The van der Waals surface area contributed by atoms with E-state index in [0.717, 1.165) is 11.4 Å². The number of urea groups is 1. The highest BCUT2D eigenvalue weighted by atomic mass is 16.2. The third-order valence-corrected chi connectivity index (χ3v) is 5.15. The average Bonchev–Trinajstić information content (AvgIpc) is 3.40. The zero-order valence-electron chi connectivity index (χ0n) is 16.0. The summed E-state index contributed by atoms with van der Waals surface area (Å²) in [4.78, 5) is 13.6. The summed E-state index contributed by atoms with van der Waals surface area (Å²) in [6.07, 6.45) is 3.39. The van der Waals surface area contributed by atoms with Crippen molar-refractivity contribution in [2.24, 2.45) is 0 Å². The highest BCUT2D eigenvalue weighted by molar-refractivity contribution is 5.93. The van der Waals surface area contributed by atoms with Crippen LogP contribution in [0, 0.1) is 0 Å². The lowest BCUT2D eigenvalue weighted by atomic mass is 10.0. The number of amides is 2. The molecule has 144 valence electrons. The van der Waals surface area contributed by atoms with E-state index in [0.29, 0.717) is 13.1 Å². The molecule has 28 heavy (non-hydrogen) atoms. The minimum atomic E-state index is -0.0273. The molecule has 1 fully saturated rings. The van der Waals surface area contributed by atoms with Crippen LogP contribution >= 0.6 is 0 Å². The van der Waals surface area contributed by atoms with E-state index in [9.17, 15) is 4.79 Å². The van der Waals surface area contributed by atoms with E-state index in [1.807, 2.05) is 28.8 Å². The first-order chi connectivity index (χ1) is 13.6. The molecule has 1 aliphatic heterocycles. The number of aromatic nitrogens is 3. The number of hydrogen-bond donors (Lipinski definition) is 2. The molecule has 0 bridgehead atoms. The monoisotopic (exact) mass is 376 g/mol. The second kappa shape index (κ2) is 7.82. The number of anilines is 1. The number of benzene rings is 2. The van der Waals surface area contributed by atoms with Gasteiger partial charge in [-0.2, -0.15) is 0 Å². The molecule has 2 aromatic carbocycles. The lowest BCUT2D eigenvalue weighted by molar-refractivity contribution is 0.252. The fourth-order valence-corrected chi connectivity index (χ4v) is 3.52. The molecule has 2 atom stereocenters. The van der Waals surface area contributed by atoms with Gasteiger partial charge < -0.3 is 10.6 Å². The van der Waals surface area contributed by atoms with Gasteiger partial charge in [-0.25, -0.2) is 4.79 Å². The van der Waals surface area contributed by atoms with Gasteiger partial charge in [0.15, 0.2) is 0 Å². The van der Waals surface area contributed by atoms with E-state index in [-0.39, 0.29) is 18.1 Å². The maximum absolute atomic E-state index is 11.8. The van der Waals surface area contributed by atoms with Gasteiger partial charge in [0, 0.05) is 36.5 Å². The highest BCUT2D eigenvalue weighted by Crippen LogP contribution is 2.24. The molecule has 1 saturated heterocycles. The van der Waals surface area contributed by atoms with Gasteiger partial charge in [-0.1, -0.05) is 24.3 Å². The van der Waals surface area contributed by atoms with Crippen molar-refractivity contribution in [2.75, 3.05) is 18.0 Å². The van der Waals surface area contributed by atoms with E-state index >= 15 is 0 Å². The van der Waals surface area contributed by atoms with Crippen LogP contribution in [-0.2, 0) is 0 Å². The third kappa shape index (κ3) is 3.75. The van der Waals surface area contributed by atoms with Crippen molar-refractivity contribution in [3.63, 3.8) is 0 Å². The van der Waals surface area contributed by atoms with Crippen molar-refractivity contribution < 1.29 is 4.79 Å². The van der Waals surface area contributed by atoms with Crippen LogP contribution in [0.25, 0.3) is 5.69 Å². The van der Waals surface area contributed by atoms with E-state index in [4.69, 9.17) is 0 Å². The number of nitrogens with zero attached hydrogens (tertiary/aromatic N) is 4. The molecule has 1 aromatic heterocycles. The molecule has 2 amide bonds. The minimum absolute atomic E-state index is 0.0273. The van der Waals surface area contributed by atoms with Crippen LogP contribution < -0.4 is 15.5 Å². The molecule has 0 aliphatic carbocycles. The van der Waals surface area contributed by atoms with Crippen LogP contribution in [0.1, 0.15) is 37.1 Å². The first kappa shape index (κ1) is 18.2. The number of nitrogens with one attached hydrogen (secondary N) is 2. The molecule has 7 heteroatoms. The Kier molecular flexibility index (Phi) is 5.08. The predicted octanol–water partition coefficient (Wildman–Crippen LogP) is 3.21. The van der Waals surface area contributed by atoms with E-state index in [1.54, 1.807) is 17.6 Å². The molecule has 3 aromatic rings. The van der Waals surface area contributed by atoms with Crippen LogP contribution in [-0.4, -0.2) is 33.9 Å². The highest BCUT2D eigenvalue weighted by Gasteiger charge is 2.21. The SMILES string of the molecule is CC(NC(C)c1cccc(-n2cnnc2)c1)c1ccc(N2CCNC2=O)cc1. The quantitative estimate of drug-likeness (QED) is 0.693. The molecule has 2 N–H and O–H groups in total. The van der Waals surface area contributed by atoms with Crippen LogP contribution in [0.5, 0.6) is 0 Å². The molecule has 0 saturated carbocycles. The molecule has 0 spiro atoms. The van der Waals surface area contributed by atoms with Crippen molar-refractivity contribution in [1.29, 1.82) is 0 Å². The summed E-state index contributed by atoms with van der Waals surface area (Å²) in [6.45, 7) is 5.72. The maximum atomic E-state index is 11.8. The molecular weight excluding hydrogens is 352 g/mol.